The molecule has 23 heavy (non-hydrogen) atoms. The van der Waals surface area contributed by atoms with E-state index in [1.807, 2.05) is 32.2 Å². The van der Waals surface area contributed by atoms with Gasteiger partial charge in [0.05, 0.1) is 17.4 Å². The highest BCUT2D eigenvalue weighted by atomic mass is 19.1. The quantitative estimate of drug-likeness (QED) is 0.824. The lowest BCUT2D eigenvalue weighted by atomic mass is 10.1. The molecule has 1 aromatic carbocycles. The second-order valence-electron chi connectivity index (χ2n) is 6.31. The van der Waals surface area contributed by atoms with Gasteiger partial charge in [0.1, 0.15) is 11.6 Å². The van der Waals surface area contributed by atoms with E-state index >= 15 is 0 Å². The summed E-state index contributed by atoms with van der Waals surface area (Å²) in [7, 11) is 0. The van der Waals surface area contributed by atoms with E-state index < -0.39 is 0 Å². The molecule has 1 aliphatic heterocycles. The molecular formula is C19H23FN2O. The third-order valence-corrected chi connectivity index (χ3v) is 4.02. The smallest absolute Gasteiger partial charge is 0.136 e. The van der Waals surface area contributed by atoms with Gasteiger partial charge in [0, 0.05) is 12.7 Å². The molecule has 3 rings (SSSR count). The molecule has 0 radical (unpaired) electrons. The predicted octanol–water partition coefficient (Wildman–Crippen LogP) is 4.27. The molecule has 1 aromatic heterocycles. The first kappa shape index (κ1) is 15.9. The number of ether oxygens (including phenoxy) is 1. The van der Waals surface area contributed by atoms with Gasteiger partial charge >= 0.3 is 0 Å². The van der Waals surface area contributed by atoms with Gasteiger partial charge < -0.3 is 4.74 Å². The minimum absolute atomic E-state index is 0.00927. The molecular weight excluding hydrogens is 291 g/mol. The van der Waals surface area contributed by atoms with Crippen LogP contribution in [-0.2, 0) is 6.54 Å². The Morgan fingerprint density at radius 2 is 1.96 bits per heavy atom. The average molecular weight is 314 g/mol. The minimum Gasteiger partial charge on any atom is -0.490 e. The number of likely N-dealkylation sites (tertiary alicyclic amines) is 1. The summed E-state index contributed by atoms with van der Waals surface area (Å²) in [4.78, 5) is 6.90. The fourth-order valence-corrected chi connectivity index (χ4v) is 2.97. The second-order valence-corrected chi connectivity index (χ2v) is 6.31. The Kier molecular flexibility index (Phi) is 4.91. The van der Waals surface area contributed by atoms with Crippen LogP contribution in [0.3, 0.4) is 0 Å². The number of pyridine rings is 1. The van der Waals surface area contributed by atoms with Crippen LogP contribution >= 0.6 is 0 Å². The van der Waals surface area contributed by atoms with Crippen molar-refractivity contribution in [1.82, 2.24) is 9.88 Å². The van der Waals surface area contributed by atoms with Crippen LogP contribution in [0.5, 0.6) is 5.75 Å². The monoisotopic (exact) mass is 314 g/mol. The first-order valence-corrected chi connectivity index (χ1v) is 8.26. The number of hydrogen-bond donors (Lipinski definition) is 0. The summed E-state index contributed by atoms with van der Waals surface area (Å²) in [5.41, 5.74) is 2.22. The molecule has 0 aliphatic carbocycles. The number of benzene rings is 1. The summed E-state index contributed by atoms with van der Waals surface area (Å²) < 4.78 is 20.0. The van der Waals surface area contributed by atoms with Gasteiger partial charge in [-0.05, 0) is 63.5 Å². The normalized spacial score (nSPS) is 15.3. The molecule has 0 bridgehead atoms. The summed E-state index contributed by atoms with van der Waals surface area (Å²) >= 11 is 0. The van der Waals surface area contributed by atoms with Crippen LogP contribution in [0.15, 0.2) is 36.5 Å². The molecule has 3 nitrogen and oxygen atoms in total. The molecule has 122 valence electrons. The maximum atomic E-state index is 14.3. The lowest BCUT2D eigenvalue weighted by molar-refractivity contribution is 0.242. The highest BCUT2D eigenvalue weighted by Crippen LogP contribution is 2.32. The Labute approximate surface area is 137 Å². The van der Waals surface area contributed by atoms with Crippen LogP contribution in [0.2, 0.25) is 0 Å². The maximum Gasteiger partial charge on any atom is 0.136 e. The van der Waals surface area contributed by atoms with E-state index in [0.29, 0.717) is 17.0 Å². The van der Waals surface area contributed by atoms with Crippen molar-refractivity contribution in [3.05, 3.63) is 47.9 Å². The molecule has 0 atom stereocenters. The highest BCUT2D eigenvalue weighted by Gasteiger charge is 2.15. The van der Waals surface area contributed by atoms with Crippen LogP contribution in [-0.4, -0.2) is 29.1 Å². The number of aromatic nitrogens is 1. The molecule has 0 saturated carbocycles. The second kappa shape index (κ2) is 7.09. The van der Waals surface area contributed by atoms with Crippen molar-refractivity contribution < 1.29 is 9.13 Å². The zero-order chi connectivity index (χ0) is 16.2. The van der Waals surface area contributed by atoms with E-state index in [9.17, 15) is 4.39 Å². The zero-order valence-electron chi connectivity index (χ0n) is 13.8. The summed E-state index contributed by atoms with van der Waals surface area (Å²) in [6.07, 6.45) is 4.39. The van der Waals surface area contributed by atoms with E-state index in [0.717, 1.165) is 19.6 Å². The minimum atomic E-state index is -0.303. The van der Waals surface area contributed by atoms with Gasteiger partial charge in [-0.2, -0.15) is 0 Å². The molecule has 0 unspecified atom stereocenters. The van der Waals surface area contributed by atoms with E-state index in [1.165, 1.54) is 24.5 Å². The Morgan fingerprint density at radius 3 is 2.61 bits per heavy atom. The number of rotatable bonds is 5. The topological polar surface area (TPSA) is 25.4 Å². The van der Waals surface area contributed by atoms with Gasteiger partial charge in [0.15, 0.2) is 0 Å². The van der Waals surface area contributed by atoms with Crippen molar-refractivity contribution in [2.24, 2.45) is 0 Å². The van der Waals surface area contributed by atoms with Crippen LogP contribution < -0.4 is 4.74 Å². The lowest BCUT2D eigenvalue weighted by Gasteiger charge is -2.16. The van der Waals surface area contributed by atoms with Gasteiger partial charge in [0.25, 0.3) is 0 Å². The van der Waals surface area contributed by atoms with Crippen molar-refractivity contribution in [2.75, 3.05) is 13.1 Å². The van der Waals surface area contributed by atoms with E-state index in [-0.39, 0.29) is 11.9 Å². The maximum absolute atomic E-state index is 14.3. The summed E-state index contributed by atoms with van der Waals surface area (Å²) in [6.45, 7) is 7.09. The van der Waals surface area contributed by atoms with Crippen LogP contribution in [0.1, 0.15) is 32.3 Å². The van der Waals surface area contributed by atoms with Crippen LogP contribution in [0.4, 0.5) is 4.39 Å². The van der Waals surface area contributed by atoms with Crippen molar-refractivity contribution in [2.45, 2.75) is 39.3 Å². The number of hydrogen-bond acceptors (Lipinski definition) is 3. The first-order chi connectivity index (χ1) is 11.1. The SMILES string of the molecule is CC(C)Oc1cccc(F)c1-c1ccc(CN2CCCC2)cn1. The molecule has 0 spiro atoms. The van der Waals surface area contributed by atoms with Gasteiger partial charge in [-0.3, -0.25) is 9.88 Å². The molecule has 1 aliphatic rings. The predicted molar refractivity (Wildman–Crippen MR) is 89.9 cm³/mol. The highest BCUT2D eigenvalue weighted by molar-refractivity contribution is 5.67. The van der Waals surface area contributed by atoms with Gasteiger partial charge in [-0.1, -0.05) is 12.1 Å². The summed E-state index contributed by atoms with van der Waals surface area (Å²) in [5.74, 6) is 0.239. The molecule has 4 heteroatoms. The summed E-state index contributed by atoms with van der Waals surface area (Å²) in [6, 6.07) is 8.82. The fourth-order valence-electron chi connectivity index (χ4n) is 2.97. The third kappa shape index (κ3) is 3.88. The summed E-state index contributed by atoms with van der Waals surface area (Å²) in [5, 5.41) is 0. The van der Waals surface area contributed by atoms with Crippen LogP contribution in [0, 0.1) is 5.82 Å². The Morgan fingerprint density at radius 1 is 1.17 bits per heavy atom. The van der Waals surface area contributed by atoms with Gasteiger partial charge in [0.2, 0.25) is 0 Å². The molecule has 1 fully saturated rings. The molecule has 2 heterocycles. The van der Waals surface area contributed by atoms with Crippen molar-refractivity contribution >= 4 is 0 Å². The largest absolute Gasteiger partial charge is 0.490 e. The fraction of sp³-hybridized carbons (Fsp3) is 0.421. The zero-order valence-corrected chi connectivity index (χ0v) is 13.8. The van der Waals surface area contributed by atoms with E-state index in [4.69, 9.17) is 4.74 Å². The van der Waals surface area contributed by atoms with Crippen molar-refractivity contribution in [3.63, 3.8) is 0 Å². The first-order valence-electron chi connectivity index (χ1n) is 8.26. The molecule has 0 amide bonds. The Hall–Kier alpha value is -1.94. The van der Waals surface area contributed by atoms with Crippen LogP contribution in [0.25, 0.3) is 11.3 Å². The van der Waals surface area contributed by atoms with Gasteiger partial charge in [-0.15, -0.1) is 0 Å². The van der Waals surface area contributed by atoms with E-state index in [1.54, 1.807) is 12.1 Å². The van der Waals surface area contributed by atoms with Crippen molar-refractivity contribution in [3.8, 4) is 17.0 Å². The Balaban J connectivity index is 1.84. The molecule has 2 aromatic rings. The molecule has 0 N–H and O–H groups in total. The van der Waals surface area contributed by atoms with E-state index in [2.05, 4.69) is 9.88 Å². The standard InChI is InChI=1S/C19H23FN2O/c1-14(2)23-18-7-5-6-16(20)19(18)17-9-8-15(12-21-17)13-22-10-3-4-11-22/h5-9,12,14H,3-4,10-11,13H2,1-2H3. The third-order valence-electron chi connectivity index (χ3n) is 4.02. The molecule has 1 saturated heterocycles. The van der Waals surface area contributed by atoms with Gasteiger partial charge in [-0.25, -0.2) is 4.39 Å². The lowest BCUT2D eigenvalue weighted by Crippen LogP contribution is -2.18. The number of nitrogens with zero attached hydrogens (tertiary/aromatic N) is 2. The number of halogens is 1. The average Bonchev–Trinajstić information content (AvgIpc) is 3.01. The van der Waals surface area contributed by atoms with Crippen molar-refractivity contribution in [1.29, 1.82) is 0 Å². The Bertz CT molecular complexity index is 649.